The molecule has 2 fully saturated rings. The summed E-state index contributed by atoms with van der Waals surface area (Å²) in [5, 5.41) is 3.40. The van der Waals surface area contributed by atoms with Crippen molar-refractivity contribution in [1.82, 2.24) is 5.32 Å². The highest BCUT2D eigenvalue weighted by Gasteiger charge is 2.28. The summed E-state index contributed by atoms with van der Waals surface area (Å²) in [6.45, 7) is 7.56. The molecular weight excluding hydrogens is 246 g/mol. The van der Waals surface area contributed by atoms with Crippen molar-refractivity contribution in [3.63, 3.8) is 0 Å². The van der Waals surface area contributed by atoms with E-state index < -0.39 is 0 Å². The second-order valence-corrected chi connectivity index (χ2v) is 7.19. The minimum Gasteiger partial charge on any atom is -0.371 e. The largest absolute Gasteiger partial charge is 0.371 e. The van der Waals surface area contributed by atoms with E-state index in [4.69, 9.17) is 4.74 Å². The molecule has 2 nitrogen and oxygen atoms in total. The number of nitrogens with one attached hydrogen (secondary N) is 1. The Bertz CT molecular complexity index is 431. The maximum absolute atomic E-state index is 5.82. The first-order chi connectivity index (χ1) is 9.64. The molecule has 2 heteroatoms. The van der Waals surface area contributed by atoms with Crippen molar-refractivity contribution in [3.05, 3.63) is 35.4 Å². The van der Waals surface area contributed by atoms with Crippen LogP contribution in [-0.2, 0) is 4.74 Å². The van der Waals surface area contributed by atoms with Crippen LogP contribution >= 0.6 is 0 Å². The normalized spacial score (nSPS) is 30.1. The van der Waals surface area contributed by atoms with Crippen LogP contribution in [-0.4, -0.2) is 19.7 Å². The molecule has 3 rings (SSSR count). The van der Waals surface area contributed by atoms with Crippen LogP contribution in [0.3, 0.4) is 0 Å². The van der Waals surface area contributed by atoms with Crippen molar-refractivity contribution >= 4 is 0 Å². The van der Waals surface area contributed by atoms with Gasteiger partial charge in [0.1, 0.15) is 0 Å². The second-order valence-electron chi connectivity index (χ2n) is 7.19. The van der Waals surface area contributed by atoms with Crippen molar-refractivity contribution < 1.29 is 4.74 Å². The number of morpholine rings is 1. The number of rotatable bonds is 2. The molecule has 1 saturated carbocycles. The Morgan fingerprint density at radius 3 is 2.55 bits per heavy atom. The molecule has 1 aromatic carbocycles. The van der Waals surface area contributed by atoms with Gasteiger partial charge in [0.25, 0.3) is 0 Å². The summed E-state index contributed by atoms with van der Waals surface area (Å²) in [5.74, 6) is 0.748. The third kappa shape index (κ3) is 3.24. The summed E-state index contributed by atoms with van der Waals surface area (Å²) >= 11 is 0. The quantitative estimate of drug-likeness (QED) is 0.878. The van der Waals surface area contributed by atoms with Crippen molar-refractivity contribution in [3.8, 4) is 0 Å². The number of benzene rings is 1. The van der Waals surface area contributed by atoms with Gasteiger partial charge >= 0.3 is 0 Å². The smallest absolute Gasteiger partial charge is 0.0949 e. The Labute approximate surface area is 122 Å². The van der Waals surface area contributed by atoms with Crippen LogP contribution in [0.1, 0.15) is 62.7 Å². The van der Waals surface area contributed by atoms with Gasteiger partial charge in [0.2, 0.25) is 0 Å². The fourth-order valence-corrected chi connectivity index (χ4v) is 3.75. The molecule has 1 saturated heterocycles. The van der Waals surface area contributed by atoms with Gasteiger partial charge in [-0.1, -0.05) is 44.5 Å². The Morgan fingerprint density at radius 2 is 1.90 bits per heavy atom. The summed E-state index contributed by atoms with van der Waals surface area (Å²) in [7, 11) is 0. The average molecular weight is 273 g/mol. The topological polar surface area (TPSA) is 21.3 Å². The SMILES string of the molecule is CC1(C)CCCC(c2ccc(C3CNCCO3)cc2)C1. The molecule has 0 spiro atoms. The van der Waals surface area contributed by atoms with Gasteiger partial charge in [0.05, 0.1) is 12.7 Å². The highest BCUT2D eigenvalue weighted by molar-refractivity contribution is 5.27. The zero-order valence-electron chi connectivity index (χ0n) is 12.8. The van der Waals surface area contributed by atoms with Gasteiger partial charge in [0, 0.05) is 13.1 Å². The zero-order chi connectivity index (χ0) is 14.0. The summed E-state index contributed by atoms with van der Waals surface area (Å²) in [6.07, 6.45) is 5.66. The number of hydrogen-bond donors (Lipinski definition) is 1. The average Bonchev–Trinajstić information content (AvgIpc) is 2.47. The van der Waals surface area contributed by atoms with E-state index in [0.29, 0.717) is 5.41 Å². The minimum atomic E-state index is 0.237. The fraction of sp³-hybridized carbons (Fsp3) is 0.667. The zero-order valence-corrected chi connectivity index (χ0v) is 12.8. The van der Waals surface area contributed by atoms with Gasteiger partial charge in [0.15, 0.2) is 0 Å². The van der Waals surface area contributed by atoms with E-state index in [0.717, 1.165) is 25.6 Å². The van der Waals surface area contributed by atoms with Crippen LogP contribution in [0.2, 0.25) is 0 Å². The molecule has 1 aliphatic carbocycles. The monoisotopic (exact) mass is 273 g/mol. The molecule has 1 aromatic rings. The van der Waals surface area contributed by atoms with Gasteiger partial charge in [-0.05, 0) is 41.7 Å². The van der Waals surface area contributed by atoms with Gasteiger partial charge in [-0.25, -0.2) is 0 Å². The molecule has 20 heavy (non-hydrogen) atoms. The maximum Gasteiger partial charge on any atom is 0.0949 e. The Kier molecular flexibility index (Phi) is 4.13. The highest BCUT2D eigenvalue weighted by atomic mass is 16.5. The van der Waals surface area contributed by atoms with Crippen molar-refractivity contribution in [2.75, 3.05) is 19.7 Å². The lowest BCUT2D eigenvalue weighted by atomic mass is 9.70. The third-order valence-electron chi connectivity index (χ3n) is 4.91. The van der Waals surface area contributed by atoms with E-state index in [-0.39, 0.29) is 6.10 Å². The number of ether oxygens (including phenoxy) is 1. The lowest BCUT2D eigenvalue weighted by Crippen LogP contribution is -2.33. The third-order valence-corrected chi connectivity index (χ3v) is 4.91. The molecule has 1 aliphatic heterocycles. The molecule has 1 heterocycles. The molecule has 110 valence electrons. The standard InChI is InChI=1S/C18H27NO/c1-18(2)9-3-4-16(12-18)14-5-7-15(8-6-14)17-13-19-10-11-20-17/h5-8,16-17,19H,3-4,9-13H2,1-2H3. The first-order valence-corrected chi connectivity index (χ1v) is 8.06. The molecule has 2 unspecified atom stereocenters. The van der Waals surface area contributed by atoms with E-state index in [2.05, 4.69) is 43.4 Å². The fourth-order valence-electron chi connectivity index (χ4n) is 3.75. The van der Waals surface area contributed by atoms with Crippen molar-refractivity contribution in [2.24, 2.45) is 5.41 Å². The van der Waals surface area contributed by atoms with Crippen molar-refractivity contribution in [1.29, 1.82) is 0 Å². The summed E-state index contributed by atoms with van der Waals surface area (Å²) < 4.78 is 5.82. The van der Waals surface area contributed by atoms with E-state index in [1.807, 2.05) is 0 Å². The van der Waals surface area contributed by atoms with E-state index >= 15 is 0 Å². The Morgan fingerprint density at radius 1 is 1.15 bits per heavy atom. The maximum atomic E-state index is 5.82. The summed E-state index contributed by atoms with van der Waals surface area (Å²) in [5.41, 5.74) is 3.35. The second kappa shape index (κ2) is 5.87. The van der Waals surface area contributed by atoms with Crippen LogP contribution in [0.25, 0.3) is 0 Å². The van der Waals surface area contributed by atoms with Crippen LogP contribution in [0.4, 0.5) is 0 Å². The molecule has 0 radical (unpaired) electrons. The minimum absolute atomic E-state index is 0.237. The predicted octanol–water partition coefficient (Wildman–Crippen LogP) is 4.03. The molecule has 0 amide bonds. The van der Waals surface area contributed by atoms with Crippen LogP contribution < -0.4 is 5.32 Å². The molecule has 1 N–H and O–H groups in total. The van der Waals surface area contributed by atoms with Gasteiger partial charge in [-0.15, -0.1) is 0 Å². The molecule has 0 bridgehead atoms. The first-order valence-electron chi connectivity index (χ1n) is 8.06. The van der Waals surface area contributed by atoms with Crippen LogP contribution in [0, 0.1) is 5.41 Å². The Hall–Kier alpha value is -0.860. The highest BCUT2D eigenvalue weighted by Crippen LogP contribution is 2.43. The summed E-state index contributed by atoms with van der Waals surface area (Å²) in [6, 6.07) is 9.21. The molecular formula is C18H27NO. The lowest BCUT2D eigenvalue weighted by molar-refractivity contribution is 0.0277. The van der Waals surface area contributed by atoms with Crippen LogP contribution in [0.5, 0.6) is 0 Å². The molecule has 2 atom stereocenters. The van der Waals surface area contributed by atoms with Gasteiger partial charge in [-0.2, -0.15) is 0 Å². The molecule has 0 aromatic heterocycles. The predicted molar refractivity (Wildman–Crippen MR) is 83.0 cm³/mol. The van der Waals surface area contributed by atoms with Crippen molar-refractivity contribution in [2.45, 2.75) is 51.6 Å². The van der Waals surface area contributed by atoms with Gasteiger partial charge < -0.3 is 10.1 Å². The first kappa shape index (κ1) is 14.1. The van der Waals surface area contributed by atoms with E-state index in [1.54, 1.807) is 0 Å². The van der Waals surface area contributed by atoms with Crippen LogP contribution in [0.15, 0.2) is 24.3 Å². The number of hydrogen-bond acceptors (Lipinski definition) is 2. The Balaban J connectivity index is 1.69. The van der Waals surface area contributed by atoms with Gasteiger partial charge in [-0.3, -0.25) is 0 Å². The summed E-state index contributed by atoms with van der Waals surface area (Å²) in [4.78, 5) is 0. The van der Waals surface area contributed by atoms with E-state index in [9.17, 15) is 0 Å². The molecule has 2 aliphatic rings. The lowest BCUT2D eigenvalue weighted by Gasteiger charge is -2.35. The van der Waals surface area contributed by atoms with E-state index in [1.165, 1.54) is 36.8 Å².